The van der Waals surface area contributed by atoms with Gasteiger partial charge in [-0.3, -0.25) is 0 Å². The van der Waals surface area contributed by atoms with Crippen molar-refractivity contribution < 1.29 is 13.9 Å². The van der Waals surface area contributed by atoms with Gasteiger partial charge in [0.1, 0.15) is 11.4 Å². The molecule has 0 amide bonds. The number of nitrogens with zero attached hydrogens (tertiary/aromatic N) is 4. The fraction of sp³-hybridized carbons (Fsp3) is 0.0909. The van der Waals surface area contributed by atoms with E-state index < -0.39 is 5.82 Å². The van der Waals surface area contributed by atoms with Crippen LogP contribution >= 0.6 is 46.4 Å². The van der Waals surface area contributed by atoms with E-state index in [0.29, 0.717) is 5.02 Å². The molecule has 168 valence electrons. The van der Waals surface area contributed by atoms with E-state index in [4.69, 9.17) is 61.1 Å². The van der Waals surface area contributed by atoms with Crippen molar-refractivity contribution in [1.82, 2.24) is 4.98 Å². The Balaban J connectivity index is 1.78. The number of aromatic nitrogens is 1. The highest BCUT2D eigenvalue weighted by Gasteiger charge is 2.17. The number of nitriles is 1. The average molecular weight is 526 g/mol. The van der Waals surface area contributed by atoms with E-state index in [9.17, 15) is 0 Å². The summed E-state index contributed by atoms with van der Waals surface area (Å²) in [4.78, 5) is 4.08. The summed E-state index contributed by atoms with van der Waals surface area (Å²) in [5.74, 6) is -0.722. The summed E-state index contributed by atoms with van der Waals surface area (Å²) in [6, 6.07) is 10.7. The van der Waals surface area contributed by atoms with Gasteiger partial charge >= 0.3 is 0 Å². The van der Waals surface area contributed by atoms with Crippen LogP contribution in [0.1, 0.15) is 16.8 Å². The fourth-order valence-corrected chi connectivity index (χ4v) is 3.57. The van der Waals surface area contributed by atoms with Crippen molar-refractivity contribution in [2.24, 2.45) is 10.2 Å². The van der Waals surface area contributed by atoms with Crippen molar-refractivity contribution in [3.05, 3.63) is 85.3 Å². The lowest BCUT2D eigenvalue weighted by Gasteiger charge is -2.13. The summed E-state index contributed by atoms with van der Waals surface area (Å²) in [5.41, 5.74) is 0.733. The van der Waals surface area contributed by atoms with Crippen LogP contribution in [0.4, 0.5) is 4.39 Å². The van der Waals surface area contributed by atoms with Crippen molar-refractivity contribution in [2.45, 2.75) is 6.42 Å². The first kappa shape index (κ1) is 24.7. The Kier molecular flexibility index (Phi) is 8.48. The lowest BCUT2D eigenvalue weighted by Crippen LogP contribution is -2.12. The summed E-state index contributed by atoms with van der Waals surface area (Å²) in [5, 5.41) is 17.2. The Hall–Kier alpha value is -2.89. The topological polar surface area (TPSA) is 79.9 Å². The zero-order valence-electron chi connectivity index (χ0n) is 16.7. The number of halogens is 5. The number of hydrogen-bond acceptors (Lipinski definition) is 6. The summed E-state index contributed by atoms with van der Waals surface area (Å²) in [6.45, 7) is 3.30. The summed E-state index contributed by atoms with van der Waals surface area (Å²) in [6.07, 6.45) is 1.50. The van der Waals surface area contributed by atoms with Crippen molar-refractivity contribution in [3.8, 4) is 17.6 Å². The van der Waals surface area contributed by atoms with Crippen molar-refractivity contribution in [3.63, 3.8) is 0 Å². The van der Waals surface area contributed by atoms with Crippen LogP contribution in [0.3, 0.4) is 0 Å². The maximum atomic E-state index is 15.1. The number of hydrogen-bond donors (Lipinski definition) is 0. The Morgan fingerprint density at radius 1 is 1.09 bits per heavy atom. The largest absolute Gasteiger partial charge is 0.475 e. The van der Waals surface area contributed by atoms with Gasteiger partial charge < -0.3 is 9.47 Å². The molecular weight excluding hydrogens is 513 g/mol. The van der Waals surface area contributed by atoms with Crippen LogP contribution in [0, 0.1) is 17.1 Å². The molecule has 0 spiro atoms. The van der Waals surface area contributed by atoms with E-state index in [1.165, 1.54) is 42.6 Å². The molecule has 0 aliphatic heterocycles. The third-order valence-corrected chi connectivity index (χ3v) is 5.14. The van der Waals surface area contributed by atoms with Crippen LogP contribution in [-0.4, -0.2) is 24.2 Å². The van der Waals surface area contributed by atoms with Gasteiger partial charge in [-0.15, -0.1) is 5.10 Å². The molecule has 0 fully saturated rings. The quantitative estimate of drug-likeness (QED) is 0.187. The molecule has 0 aliphatic rings. The maximum absolute atomic E-state index is 15.1. The minimum atomic E-state index is -0.687. The molecule has 0 aliphatic carbocycles. The van der Waals surface area contributed by atoms with E-state index in [0.717, 1.165) is 0 Å². The second-order valence-electron chi connectivity index (χ2n) is 6.37. The van der Waals surface area contributed by atoms with Gasteiger partial charge in [0, 0.05) is 24.4 Å². The second-order valence-corrected chi connectivity index (χ2v) is 8.06. The van der Waals surface area contributed by atoms with Gasteiger partial charge in [0.25, 0.3) is 5.90 Å². The zero-order valence-corrected chi connectivity index (χ0v) is 19.7. The van der Waals surface area contributed by atoms with E-state index in [-0.39, 0.29) is 62.3 Å². The Labute approximate surface area is 208 Å². The van der Waals surface area contributed by atoms with Gasteiger partial charge in [-0.25, -0.2) is 9.37 Å². The first-order valence-electron chi connectivity index (χ1n) is 9.15. The predicted octanol–water partition coefficient (Wildman–Crippen LogP) is 7.12. The molecule has 3 rings (SSSR count). The van der Waals surface area contributed by atoms with Gasteiger partial charge in [0.15, 0.2) is 11.6 Å². The number of rotatable bonds is 7. The van der Waals surface area contributed by atoms with E-state index in [1.807, 2.05) is 6.07 Å². The van der Waals surface area contributed by atoms with Crippen LogP contribution in [0.2, 0.25) is 20.1 Å². The number of pyridine rings is 1. The van der Waals surface area contributed by atoms with Crippen molar-refractivity contribution in [1.29, 1.82) is 5.26 Å². The average Bonchev–Trinajstić information content (AvgIpc) is 2.77. The number of benzene rings is 2. The van der Waals surface area contributed by atoms with E-state index in [2.05, 4.69) is 21.9 Å². The van der Waals surface area contributed by atoms with Gasteiger partial charge in [0.05, 0.1) is 33.3 Å². The predicted molar refractivity (Wildman–Crippen MR) is 128 cm³/mol. The van der Waals surface area contributed by atoms with Crippen LogP contribution in [0.25, 0.3) is 0 Å². The minimum Gasteiger partial charge on any atom is -0.475 e. The van der Waals surface area contributed by atoms with E-state index >= 15 is 4.39 Å². The van der Waals surface area contributed by atoms with Gasteiger partial charge in [-0.1, -0.05) is 52.5 Å². The third-order valence-electron chi connectivity index (χ3n) is 4.13. The van der Waals surface area contributed by atoms with Crippen LogP contribution in [0.5, 0.6) is 11.5 Å². The highest BCUT2D eigenvalue weighted by atomic mass is 35.5. The summed E-state index contributed by atoms with van der Waals surface area (Å²) < 4.78 is 26.3. The molecule has 2 aromatic carbocycles. The molecule has 0 saturated heterocycles. The Bertz CT molecular complexity index is 1280. The molecule has 6 nitrogen and oxygen atoms in total. The first-order valence-corrected chi connectivity index (χ1v) is 10.7. The van der Waals surface area contributed by atoms with Crippen LogP contribution in [0.15, 0.2) is 52.8 Å². The molecule has 0 atom stereocenters. The SMILES string of the molecule is C=N/N=C(\OCCc1ccc(Cl)c(Oc2cc(Cl)cc(C#N)c2)c1F)c1ncc(Cl)cc1Cl. The highest BCUT2D eigenvalue weighted by Crippen LogP contribution is 2.35. The molecule has 0 radical (unpaired) electrons. The molecule has 11 heteroatoms. The molecule has 0 unspecified atom stereocenters. The lowest BCUT2D eigenvalue weighted by atomic mass is 10.1. The van der Waals surface area contributed by atoms with Gasteiger partial charge in [0.2, 0.25) is 0 Å². The maximum Gasteiger partial charge on any atom is 0.261 e. The molecule has 0 saturated carbocycles. The number of ether oxygens (including phenoxy) is 2. The summed E-state index contributed by atoms with van der Waals surface area (Å²) >= 11 is 24.1. The van der Waals surface area contributed by atoms with Crippen molar-refractivity contribution in [2.75, 3.05) is 6.61 Å². The molecule has 3 aromatic rings. The molecular formula is C22H13Cl4FN4O2. The van der Waals surface area contributed by atoms with Gasteiger partial charge in [-0.05, 0) is 35.9 Å². The highest BCUT2D eigenvalue weighted by molar-refractivity contribution is 6.36. The van der Waals surface area contributed by atoms with Crippen LogP contribution in [-0.2, 0) is 11.2 Å². The monoisotopic (exact) mass is 524 g/mol. The second kappa shape index (κ2) is 11.3. The van der Waals surface area contributed by atoms with Crippen LogP contribution < -0.4 is 4.74 Å². The fourth-order valence-electron chi connectivity index (χ4n) is 2.70. The van der Waals surface area contributed by atoms with Gasteiger partial charge in [-0.2, -0.15) is 10.4 Å². The molecule has 0 bridgehead atoms. The minimum absolute atomic E-state index is 0.000437. The standard InChI is InChI=1S/C22H13Cl4FN4O2/c1-29-31-22(20-18(26)9-15(24)11-30-20)32-5-4-13-2-3-17(25)21(19(13)27)33-16-7-12(10-28)6-14(23)8-16/h2-3,6-9,11H,1,4-5H2/b31-22-. The summed E-state index contributed by atoms with van der Waals surface area (Å²) in [7, 11) is 0. The molecule has 33 heavy (non-hydrogen) atoms. The van der Waals surface area contributed by atoms with E-state index in [1.54, 1.807) is 0 Å². The lowest BCUT2D eigenvalue weighted by molar-refractivity contribution is 0.305. The molecule has 0 N–H and O–H groups in total. The molecule has 1 heterocycles. The molecule has 1 aromatic heterocycles. The zero-order chi connectivity index (χ0) is 24.0. The van der Waals surface area contributed by atoms with Crippen molar-refractivity contribution >= 4 is 59.0 Å². The smallest absolute Gasteiger partial charge is 0.261 e. The Morgan fingerprint density at radius 3 is 2.58 bits per heavy atom. The third kappa shape index (κ3) is 6.34. The Morgan fingerprint density at radius 2 is 1.88 bits per heavy atom. The normalized spacial score (nSPS) is 11.1. The first-order chi connectivity index (χ1) is 15.8.